The Morgan fingerprint density at radius 2 is 2.14 bits per heavy atom. The third-order valence-corrected chi connectivity index (χ3v) is 4.45. The lowest BCUT2D eigenvalue weighted by Gasteiger charge is -2.25. The topological polar surface area (TPSA) is 41.6 Å². The van der Waals surface area contributed by atoms with E-state index in [1.165, 1.54) is 0 Å². The number of amides is 1. The van der Waals surface area contributed by atoms with Crippen LogP contribution in [0.1, 0.15) is 33.6 Å². The van der Waals surface area contributed by atoms with Crippen molar-refractivity contribution in [3.8, 4) is 5.75 Å². The molecule has 0 aromatic heterocycles. The normalized spacial score (nSPS) is 18.7. The molecule has 0 aliphatic carbocycles. The number of carbonyl (C=O) groups excluding carboxylic acids is 1. The van der Waals surface area contributed by atoms with Crippen LogP contribution in [0.4, 0.5) is 5.69 Å². The number of ether oxygens (including phenoxy) is 1. The van der Waals surface area contributed by atoms with Gasteiger partial charge in [0.2, 0.25) is 5.91 Å². The first kappa shape index (κ1) is 15.7. The van der Waals surface area contributed by atoms with Gasteiger partial charge in [-0.1, -0.05) is 32.9 Å². The Morgan fingerprint density at radius 1 is 1.43 bits per heavy atom. The second kappa shape index (κ2) is 6.37. The highest BCUT2D eigenvalue weighted by Gasteiger charge is 2.31. The van der Waals surface area contributed by atoms with E-state index in [9.17, 15) is 4.79 Å². The average Bonchev–Trinajstić information content (AvgIpc) is 2.95. The van der Waals surface area contributed by atoms with Gasteiger partial charge in [-0.05, 0) is 25.0 Å². The molecule has 1 aromatic carbocycles. The maximum atomic E-state index is 12.3. The van der Waals surface area contributed by atoms with Gasteiger partial charge >= 0.3 is 0 Å². The van der Waals surface area contributed by atoms with Gasteiger partial charge in [0.25, 0.3) is 0 Å². The van der Waals surface area contributed by atoms with Gasteiger partial charge in [0.15, 0.2) is 0 Å². The highest BCUT2D eigenvalue weighted by molar-refractivity contribution is 5.82. The second-order valence-corrected chi connectivity index (χ2v) is 6.31. The summed E-state index contributed by atoms with van der Waals surface area (Å²) >= 11 is 0. The molecule has 1 amide bonds. The quantitative estimate of drug-likeness (QED) is 0.906. The molecule has 1 unspecified atom stereocenters. The van der Waals surface area contributed by atoms with Crippen LogP contribution in [-0.4, -0.2) is 32.1 Å². The lowest BCUT2D eigenvalue weighted by atomic mass is 9.89. The standard InChI is InChI=1S/C17H26N2O2/c1-5-17(2,3)16(20)18-13-10-11-19(12-13)14-8-6-7-9-15(14)21-4/h6-9,13H,5,10-12H2,1-4H3,(H,18,20). The van der Waals surface area contributed by atoms with Gasteiger partial charge in [-0.3, -0.25) is 4.79 Å². The monoisotopic (exact) mass is 290 g/mol. The maximum Gasteiger partial charge on any atom is 0.225 e. The highest BCUT2D eigenvalue weighted by atomic mass is 16.5. The molecule has 1 atom stereocenters. The smallest absolute Gasteiger partial charge is 0.225 e. The van der Waals surface area contributed by atoms with Crippen LogP contribution in [0.2, 0.25) is 0 Å². The van der Waals surface area contributed by atoms with E-state index in [1.54, 1.807) is 7.11 Å². The van der Waals surface area contributed by atoms with Crippen LogP contribution in [-0.2, 0) is 4.79 Å². The molecule has 1 heterocycles. The van der Waals surface area contributed by atoms with Crippen molar-refractivity contribution in [3.05, 3.63) is 24.3 Å². The SMILES string of the molecule is CCC(C)(C)C(=O)NC1CCN(c2ccccc2OC)C1. The molecule has 1 fully saturated rings. The molecule has 1 N–H and O–H groups in total. The number of methoxy groups -OCH3 is 1. The molecule has 0 radical (unpaired) electrons. The Labute approximate surface area is 127 Å². The number of hydrogen-bond donors (Lipinski definition) is 1. The van der Waals surface area contributed by atoms with Gasteiger partial charge in [-0.2, -0.15) is 0 Å². The van der Waals surface area contributed by atoms with Crippen LogP contribution in [0.15, 0.2) is 24.3 Å². The molecule has 4 nitrogen and oxygen atoms in total. The summed E-state index contributed by atoms with van der Waals surface area (Å²) in [7, 11) is 1.69. The number of nitrogens with one attached hydrogen (secondary N) is 1. The number of para-hydroxylation sites is 2. The molecule has 1 aliphatic heterocycles. The minimum Gasteiger partial charge on any atom is -0.495 e. The lowest BCUT2D eigenvalue weighted by molar-refractivity contribution is -0.130. The second-order valence-electron chi connectivity index (χ2n) is 6.31. The molecule has 2 rings (SSSR count). The summed E-state index contributed by atoms with van der Waals surface area (Å²) in [6, 6.07) is 8.25. The largest absolute Gasteiger partial charge is 0.495 e. The van der Waals surface area contributed by atoms with Crippen LogP contribution in [0.25, 0.3) is 0 Å². The molecule has 0 saturated carbocycles. The maximum absolute atomic E-state index is 12.3. The zero-order valence-corrected chi connectivity index (χ0v) is 13.5. The number of nitrogens with zero attached hydrogens (tertiary/aromatic N) is 1. The van der Waals surface area contributed by atoms with Gasteiger partial charge in [0.1, 0.15) is 5.75 Å². The van der Waals surface area contributed by atoms with Crippen LogP contribution in [0.5, 0.6) is 5.75 Å². The van der Waals surface area contributed by atoms with E-state index >= 15 is 0 Å². The summed E-state index contributed by atoms with van der Waals surface area (Å²) in [5.74, 6) is 1.04. The number of anilines is 1. The van der Waals surface area contributed by atoms with E-state index in [0.717, 1.165) is 37.4 Å². The zero-order valence-electron chi connectivity index (χ0n) is 13.5. The molecule has 116 valence electrons. The Kier molecular flexibility index (Phi) is 4.76. The Balaban J connectivity index is 1.99. The fourth-order valence-electron chi connectivity index (χ4n) is 2.53. The van der Waals surface area contributed by atoms with Crippen LogP contribution in [0.3, 0.4) is 0 Å². The summed E-state index contributed by atoms with van der Waals surface area (Å²) in [5, 5.41) is 3.19. The number of rotatable bonds is 5. The third-order valence-electron chi connectivity index (χ3n) is 4.45. The van der Waals surface area contributed by atoms with Crippen molar-refractivity contribution in [3.63, 3.8) is 0 Å². The van der Waals surface area contributed by atoms with E-state index in [-0.39, 0.29) is 17.4 Å². The Morgan fingerprint density at radius 3 is 2.81 bits per heavy atom. The molecule has 1 saturated heterocycles. The van der Waals surface area contributed by atoms with Crippen molar-refractivity contribution < 1.29 is 9.53 Å². The predicted molar refractivity (Wildman–Crippen MR) is 85.8 cm³/mol. The van der Waals surface area contributed by atoms with Gasteiger partial charge in [0.05, 0.1) is 12.8 Å². The average molecular weight is 290 g/mol. The molecule has 4 heteroatoms. The first-order chi connectivity index (χ1) is 9.97. The Hall–Kier alpha value is -1.71. The van der Waals surface area contributed by atoms with Crippen molar-refractivity contribution in [1.29, 1.82) is 0 Å². The van der Waals surface area contributed by atoms with E-state index in [1.807, 2.05) is 32.0 Å². The zero-order chi connectivity index (χ0) is 15.5. The van der Waals surface area contributed by atoms with Crippen molar-refractivity contribution in [2.75, 3.05) is 25.1 Å². The van der Waals surface area contributed by atoms with Crippen molar-refractivity contribution in [2.45, 2.75) is 39.7 Å². The summed E-state index contributed by atoms with van der Waals surface area (Å²) in [5.41, 5.74) is 0.809. The summed E-state index contributed by atoms with van der Waals surface area (Å²) in [6.45, 7) is 7.82. The fourth-order valence-corrected chi connectivity index (χ4v) is 2.53. The number of hydrogen-bond acceptors (Lipinski definition) is 3. The molecule has 1 aliphatic rings. The van der Waals surface area contributed by atoms with E-state index in [4.69, 9.17) is 4.74 Å². The first-order valence-corrected chi connectivity index (χ1v) is 7.67. The summed E-state index contributed by atoms with van der Waals surface area (Å²) < 4.78 is 5.42. The fraction of sp³-hybridized carbons (Fsp3) is 0.588. The van der Waals surface area contributed by atoms with E-state index in [2.05, 4.69) is 23.2 Å². The molecule has 1 aromatic rings. The first-order valence-electron chi connectivity index (χ1n) is 7.67. The van der Waals surface area contributed by atoms with Crippen molar-refractivity contribution in [2.24, 2.45) is 5.41 Å². The van der Waals surface area contributed by atoms with Crippen LogP contribution < -0.4 is 15.0 Å². The van der Waals surface area contributed by atoms with Crippen LogP contribution >= 0.6 is 0 Å². The Bertz CT molecular complexity index is 499. The van der Waals surface area contributed by atoms with Crippen molar-refractivity contribution in [1.82, 2.24) is 5.32 Å². The van der Waals surface area contributed by atoms with E-state index < -0.39 is 0 Å². The number of carbonyl (C=O) groups is 1. The van der Waals surface area contributed by atoms with E-state index in [0.29, 0.717) is 0 Å². The summed E-state index contributed by atoms with van der Waals surface area (Å²) in [4.78, 5) is 14.5. The molecular weight excluding hydrogens is 264 g/mol. The third kappa shape index (κ3) is 3.49. The number of benzene rings is 1. The van der Waals surface area contributed by atoms with Gasteiger partial charge in [-0.25, -0.2) is 0 Å². The lowest BCUT2D eigenvalue weighted by Crippen LogP contribution is -2.43. The van der Waals surface area contributed by atoms with Gasteiger partial charge < -0.3 is 15.0 Å². The predicted octanol–water partition coefficient (Wildman–Crippen LogP) is 2.83. The van der Waals surface area contributed by atoms with Crippen LogP contribution in [0, 0.1) is 5.41 Å². The minimum absolute atomic E-state index is 0.150. The van der Waals surface area contributed by atoms with Gasteiger partial charge in [0, 0.05) is 24.5 Å². The molecule has 21 heavy (non-hydrogen) atoms. The molecule has 0 spiro atoms. The van der Waals surface area contributed by atoms with Crippen molar-refractivity contribution >= 4 is 11.6 Å². The molecular formula is C17H26N2O2. The van der Waals surface area contributed by atoms with Gasteiger partial charge in [-0.15, -0.1) is 0 Å². The minimum atomic E-state index is -0.294. The summed E-state index contributed by atoms with van der Waals surface area (Å²) in [6.07, 6.45) is 1.82. The highest BCUT2D eigenvalue weighted by Crippen LogP contribution is 2.30. The molecule has 0 bridgehead atoms.